The van der Waals surface area contributed by atoms with Crippen LogP contribution in [0.2, 0.25) is 0 Å². The van der Waals surface area contributed by atoms with E-state index in [0.29, 0.717) is 17.7 Å². The second-order valence-electron chi connectivity index (χ2n) is 7.12. The van der Waals surface area contributed by atoms with Crippen molar-refractivity contribution in [3.63, 3.8) is 0 Å². The van der Waals surface area contributed by atoms with Gasteiger partial charge in [0.2, 0.25) is 0 Å². The molecule has 3 aromatic carbocycles. The lowest BCUT2D eigenvalue weighted by atomic mass is 10.0. The predicted octanol–water partition coefficient (Wildman–Crippen LogP) is 7.37. The Balaban J connectivity index is 1.87. The molecule has 0 amide bonds. The molecule has 0 saturated carbocycles. The van der Waals surface area contributed by atoms with Crippen molar-refractivity contribution >= 4 is 0 Å². The zero-order valence-electron chi connectivity index (χ0n) is 17.7. The molecule has 0 aliphatic heterocycles. The van der Waals surface area contributed by atoms with Gasteiger partial charge in [-0.3, -0.25) is 0 Å². The highest BCUT2D eigenvalue weighted by molar-refractivity contribution is 5.48. The largest absolute Gasteiger partial charge is 0.453 e. The van der Waals surface area contributed by atoms with Crippen LogP contribution in [0.15, 0.2) is 60.9 Å². The van der Waals surface area contributed by atoms with E-state index in [1.807, 2.05) is 19.1 Å². The van der Waals surface area contributed by atoms with Gasteiger partial charge < -0.3 is 9.47 Å². The smallest absolute Gasteiger partial charge is 0.429 e. The van der Waals surface area contributed by atoms with E-state index in [1.54, 1.807) is 12.1 Å². The summed E-state index contributed by atoms with van der Waals surface area (Å²) in [4.78, 5) is 0. The number of hydrogen-bond acceptors (Lipinski definition) is 2. The first-order chi connectivity index (χ1) is 16.0. The normalized spacial score (nSPS) is 10.9. The van der Waals surface area contributed by atoms with Crippen molar-refractivity contribution < 1.29 is 40.2 Å². The van der Waals surface area contributed by atoms with Crippen LogP contribution in [0.5, 0.6) is 11.5 Å². The third-order valence-electron chi connectivity index (χ3n) is 4.50. The Morgan fingerprint density at radius 2 is 1.47 bits per heavy atom. The van der Waals surface area contributed by atoms with Gasteiger partial charge >= 0.3 is 12.2 Å². The van der Waals surface area contributed by atoms with Crippen LogP contribution in [0.3, 0.4) is 0 Å². The quantitative estimate of drug-likeness (QED) is 0.216. The third kappa shape index (κ3) is 5.90. The van der Waals surface area contributed by atoms with Gasteiger partial charge in [0.05, 0.1) is 0 Å². The van der Waals surface area contributed by atoms with Gasteiger partial charge in [-0.1, -0.05) is 29.5 Å². The molecule has 0 aliphatic carbocycles. The molecule has 0 spiro atoms. The molecule has 0 fully saturated rings. The predicted molar refractivity (Wildman–Crippen MR) is 110 cm³/mol. The fraction of sp³-hybridized carbons (Fsp3) is 0.120. The van der Waals surface area contributed by atoms with Crippen molar-refractivity contribution in [1.29, 1.82) is 0 Å². The lowest BCUT2D eigenvalue weighted by Gasteiger charge is -2.20. The first-order valence-electron chi connectivity index (χ1n) is 9.59. The Hall–Kier alpha value is -3.93. The van der Waals surface area contributed by atoms with Gasteiger partial charge in [0.25, 0.3) is 0 Å². The number of rotatable bonds is 5. The highest BCUT2D eigenvalue weighted by atomic mass is 19.3. The van der Waals surface area contributed by atoms with Crippen molar-refractivity contribution in [2.24, 2.45) is 0 Å². The molecular weight excluding hydrogens is 465 g/mol. The number of halogens is 7. The fourth-order valence-electron chi connectivity index (χ4n) is 2.83. The van der Waals surface area contributed by atoms with Crippen LogP contribution in [-0.2, 0) is 6.11 Å². The molecule has 176 valence electrons. The molecule has 0 N–H and O–H groups in total. The van der Waals surface area contributed by atoms with E-state index in [2.05, 4.69) is 21.3 Å². The van der Waals surface area contributed by atoms with Gasteiger partial charge in [-0.05, 0) is 43.7 Å². The van der Waals surface area contributed by atoms with Crippen molar-refractivity contribution in [3.8, 4) is 23.3 Å². The zero-order valence-corrected chi connectivity index (χ0v) is 17.7. The summed E-state index contributed by atoms with van der Waals surface area (Å²) in [5.41, 5.74) is 0.843. The number of ether oxygens (including phenoxy) is 2. The first kappa shape index (κ1) is 24.7. The SMILES string of the molecule is Cc1ccc(C#Cc2cc(F)c(C(F)(F)Oc3cc(F)c(OC=C(F)F)c(F)c3)cc2C)cc1. The van der Waals surface area contributed by atoms with E-state index in [-0.39, 0.29) is 17.4 Å². The molecule has 0 aromatic heterocycles. The van der Waals surface area contributed by atoms with Gasteiger partial charge in [-0.25, -0.2) is 13.2 Å². The highest BCUT2D eigenvalue weighted by Gasteiger charge is 2.38. The summed E-state index contributed by atoms with van der Waals surface area (Å²) < 4.78 is 104. The summed E-state index contributed by atoms with van der Waals surface area (Å²) >= 11 is 0. The standard InChI is InChI=1S/C25H15F7O2/c1-14-3-5-16(6-4-14)7-8-17-10-20(26)19(9-15(17)2)25(31,32)34-18-11-21(27)24(22(28)12-18)33-13-23(29)30/h3-6,9-13H,1-2H3. The summed E-state index contributed by atoms with van der Waals surface area (Å²) in [6.45, 7) is 3.33. The molecule has 3 rings (SSSR count). The minimum atomic E-state index is -4.33. The molecular formula is C25H15F7O2. The van der Waals surface area contributed by atoms with Gasteiger partial charge in [0.1, 0.15) is 17.1 Å². The van der Waals surface area contributed by atoms with Crippen molar-refractivity contribution in [2.45, 2.75) is 20.0 Å². The molecule has 2 nitrogen and oxygen atoms in total. The van der Waals surface area contributed by atoms with Crippen molar-refractivity contribution in [2.75, 3.05) is 0 Å². The van der Waals surface area contributed by atoms with Crippen LogP contribution < -0.4 is 9.47 Å². The summed E-state index contributed by atoms with van der Waals surface area (Å²) in [6.07, 6.45) is -6.93. The van der Waals surface area contributed by atoms with E-state index < -0.39 is 46.7 Å². The summed E-state index contributed by atoms with van der Waals surface area (Å²) in [7, 11) is 0. The lowest BCUT2D eigenvalue weighted by Crippen LogP contribution is -2.24. The molecule has 0 aliphatic rings. The topological polar surface area (TPSA) is 18.5 Å². The van der Waals surface area contributed by atoms with Crippen LogP contribution in [0, 0.1) is 43.1 Å². The second kappa shape index (κ2) is 9.91. The van der Waals surface area contributed by atoms with Crippen LogP contribution in [-0.4, -0.2) is 0 Å². The van der Waals surface area contributed by atoms with Gasteiger partial charge in [-0.15, -0.1) is 0 Å². The Kier molecular flexibility index (Phi) is 7.20. The maximum Gasteiger partial charge on any atom is 0.429 e. The average Bonchev–Trinajstić information content (AvgIpc) is 2.74. The number of aryl methyl sites for hydroxylation is 2. The Bertz CT molecular complexity index is 1280. The fourth-order valence-corrected chi connectivity index (χ4v) is 2.83. The van der Waals surface area contributed by atoms with Crippen LogP contribution in [0.4, 0.5) is 30.7 Å². The van der Waals surface area contributed by atoms with Gasteiger partial charge in [-0.2, -0.15) is 17.6 Å². The molecule has 0 bridgehead atoms. The van der Waals surface area contributed by atoms with Crippen LogP contribution in [0.25, 0.3) is 0 Å². The second-order valence-corrected chi connectivity index (χ2v) is 7.12. The Morgan fingerprint density at radius 1 is 0.853 bits per heavy atom. The molecule has 34 heavy (non-hydrogen) atoms. The van der Waals surface area contributed by atoms with Gasteiger partial charge in [0.15, 0.2) is 23.6 Å². The van der Waals surface area contributed by atoms with E-state index in [9.17, 15) is 30.7 Å². The Labute approximate surface area is 190 Å². The van der Waals surface area contributed by atoms with Crippen LogP contribution >= 0.6 is 0 Å². The van der Waals surface area contributed by atoms with E-state index in [4.69, 9.17) is 0 Å². The van der Waals surface area contributed by atoms with Crippen molar-refractivity contribution in [1.82, 2.24) is 0 Å². The molecule has 9 heteroatoms. The molecule has 0 unspecified atom stereocenters. The summed E-state index contributed by atoms with van der Waals surface area (Å²) in [6, 6.07) is 9.38. The minimum absolute atomic E-state index is 0.157. The van der Waals surface area contributed by atoms with E-state index >= 15 is 0 Å². The zero-order chi connectivity index (χ0) is 25.0. The maximum atomic E-state index is 14.6. The average molecular weight is 480 g/mol. The molecule has 0 saturated heterocycles. The Morgan fingerprint density at radius 3 is 2.06 bits per heavy atom. The summed E-state index contributed by atoms with van der Waals surface area (Å²) in [5.74, 6) is -1.26. The molecule has 0 atom stereocenters. The highest BCUT2D eigenvalue weighted by Crippen LogP contribution is 2.36. The summed E-state index contributed by atoms with van der Waals surface area (Å²) in [5, 5.41) is 0. The van der Waals surface area contributed by atoms with E-state index in [1.165, 1.54) is 6.92 Å². The monoisotopic (exact) mass is 480 g/mol. The maximum absolute atomic E-state index is 14.6. The number of alkyl halides is 2. The third-order valence-corrected chi connectivity index (χ3v) is 4.50. The van der Waals surface area contributed by atoms with Crippen molar-refractivity contribution in [3.05, 3.63) is 106 Å². The van der Waals surface area contributed by atoms with E-state index in [0.717, 1.165) is 17.7 Å². The number of benzene rings is 3. The number of hydrogen-bond donors (Lipinski definition) is 0. The van der Waals surface area contributed by atoms with Gasteiger partial charge in [0, 0.05) is 23.3 Å². The lowest BCUT2D eigenvalue weighted by molar-refractivity contribution is -0.187. The molecule has 0 heterocycles. The first-order valence-corrected chi connectivity index (χ1v) is 9.59. The molecule has 0 radical (unpaired) electrons. The van der Waals surface area contributed by atoms with Crippen LogP contribution in [0.1, 0.15) is 27.8 Å². The minimum Gasteiger partial charge on any atom is -0.453 e. The molecule has 3 aromatic rings.